The lowest BCUT2D eigenvalue weighted by Crippen LogP contribution is -2.24. The van der Waals surface area contributed by atoms with Crippen molar-refractivity contribution in [3.63, 3.8) is 0 Å². The lowest BCUT2D eigenvalue weighted by Gasteiger charge is -2.21. The Balaban J connectivity index is 2.24. The van der Waals surface area contributed by atoms with Crippen molar-refractivity contribution in [3.8, 4) is 6.07 Å². The van der Waals surface area contributed by atoms with Gasteiger partial charge in [-0.1, -0.05) is 13.8 Å². The number of halogens is 3. The fourth-order valence-corrected chi connectivity index (χ4v) is 2.75. The first kappa shape index (κ1) is 14.7. The molecule has 0 spiro atoms. The van der Waals surface area contributed by atoms with E-state index in [0.717, 1.165) is 18.9 Å². The van der Waals surface area contributed by atoms with Crippen molar-refractivity contribution in [1.29, 1.82) is 5.26 Å². The van der Waals surface area contributed by atoms with Crippen LogP contribution in [0.5, 0.6) is 0 Å². The van der Waals surface area contributed by atoms with E-state index in [9.17, 15) is 13.2 Å². The van der Waals surface area contributed by atoms with Crippen LogP contribution in [0.25, 0.3) is 0 Å². The van der Waals surface area contributed by atoms with Gasteiger partial charge in [-0.05, 0) is 42.9 Å². The molecular weight excluding hydrogens is 265 g/mol. The number of alkyl halides is 3. The van der Waals surface area contributed by atoms with Crippen LogP contribution < -0.4 is 5.32 Å². The number of rotatable bonds is 2. The van der Waals surface area contributed by atoms with Gasteiger partial charge in [-0.25, -0.2) is 0 Å². The summed E-state index contributed by atoms with van der Waals surface area (Å²) in [6.45, 7) is 4.27. The maximum absolute atomic E-state index is 12.9. The summed E-state index contributed by atoms with van der Waals surface area (Å²) in [6, 6.07) is 5.60. The summed E-state index contributed by atoms with van der Waals surface area (Å²) in [4.78, 5) is 0. The molecule has 0 bridgehead atoms. The Morgan fingerprint density at radius 1 is 1.25 bits per heavy atom. The Morgan fingerprint density at radius 2 is 1.95 bits per heavy atom. The molecule has 3 unspecified atom stereocenters. The minimum absolute atomic E-state index is 0.194. The summed E-state index contributed by atoms with van der Waals surface area (Å²) >= 11 is 0. The summed E-state index contributed by atoms with van der Waals surface area (Å²) in [6.07, 6.45) is -2.46. The molecule has 1 aromatic carbocycles. The molecule has 0 aliphatic heterocycles. The van der Waals surface area contributed by atoms with Crippen molar-refractivity contribution in [2.75, 3.05) is 5.32 Å². The normalized spacial score (nSPS) is 26.3. The number of hydrogen-bond acceptors (Lipinski definition) is 2. The van der Waals surface area contributed by atoms with E-state index in [-0.39, 0.29) is 11.6 Å². The molecule has 5 heteroatoms. The maximum Gasteiger partial charge on any atom is 0.417 e. The fourth-order valence-electron chi connectivity index (χ4n) is 2.75. The third kappa shape index (κ3) is 2.90. The molecule has 1 aromatic rings. The summed E-state index contributed by atoms with van der Waals surface area (Å²) < 4.78 is 38.7. The average Bonchev–Trinajstić information content (AvgIpc) is 2.70. The van der Waals surface area contributed by atoms with E-state index in [2.05, 4.69) is 19.2 Å². The maximum atomic E-state index is 12.9. The first-order valence-electron chi connectivity index (χ1n) is 6.71. The first-order chi connectivity index (χ1) is 9.32. The van der Waals surface area contributed by atoms with Gasteiger partial charge in [0.1, 0.15) is 0 Å². The highest BCUT2D eigenvalue weighted by molar-refractivity contribution is 5.53. The summed E-state index contributed by atoms with van der Waals surface area (Å²) in [5.41, 5.74) is -0.776. The number of nitriles is 1. The van der Waals surface area contributed by atoms with Crippen molar-refractivity contribution in [1.82, 2.24) is 0 Å². The minimum Gasteiger partial charge on any atom is -0.382 e. The quantitative estimate of drug-likeness (QED) is 0.871. The van der Waals surface area contributed by atoms with Gasteiger partial charge in [-0.15, -0.1) is 0 Å². The van der Waals surface area contributed by atoms with Crippen LogP contribution in [0.15, 0.2) is 18.2 Å². The highest BCUT2D eigenvalue weighted by Gasteiger charge is 2.34. The SMILES string of the molecule is CC1CCC(Nc2ccc(C#N)c(C(F)(F)F)c2)C1C. The highest BCUT2D eigenvalue weighted by atomic mass is 19.4. The molecule has 2 rings (SSSR count). The van der Waals surface area contributed by atoms with E-state index in [4.69, 9.17) is 5.26 Å². The van der Waals surface area contributed by atoms with Crippen LogP contribution in [-0.4, -0.2) is 6.04 Å². The van der Waals surface area contributed by atoms with Crippen LogP contribution in [0.3, 0.4) is 0 Å². The molecule has 0 heterocycles. The monoisotopic (exact) mass is 282 g/mol. The minimum atomic E-state index is -4.50. The summed E-state index contributed by atoms with van der Waals surface area (Å²) in [5, 5.41) is 11.9. The van der Waals surface area contributed by atoms with Crippen LogP contribution in [0.4, 0.5) is 18.9 Å². The Hall–Kier alpha value is -1.70. The van der Waals surface area contributed by atoms with Crippen LogP contribution in [-0.2, 0) is 6.18 Å². The summed E-state index contributed by atoms with van der Waals surface area (Å²) in [7, 11) is 0. The smallest absolute Gasteiger partial charge is 0.382 e. The molecule has 0 amide bonds. The molecule has 0 aromatic heterocycles. The zero-order valence-electron chi connectivity index (χ0n) is 11.5. The van der Waals surface area contributed by atoms with E-state index in [0.29, 0.717) is 17.5 Å². The molecule has 108 valence electrons. The third-order valence-electron chi connectivity index (χ3n) is 4.26. The van der Waals surface area contributed by atoms with Crippen molar-refractivity contribution in [2.45, 2.75) is 38.9 Å². The third-order valence-corrected chi connectivity index (χ3v) is 4.26. The molecule has 20 heavy (non-hydrogen) atoms. The number of anilines is 1. The topological polar surface area (TPSA) is 35.8 Å². The second-order valence-corrected chi connectivity index (χ2v) is 5.53. The first-order valence-corrected chi connectivity index (χ1v) is 6.71. The second-order valence-electron chi connectivity index (χ2n) is 5.53. The molecule has 0 saturated heterocycles. The molecule has 2 nitrogen and oxygen atoms in total. The van der Waals surface area contributed by atoms with Gasteiger partial charge in [-0.2, -0.15) is 18.4 Å². The van der Waals surface area contributed by atoms with E-state index in [1.165, 1.54) is 6.07 Å². The summed E-state index contributed by atoms with van der Waals surface area (Å²) in [5.74, 6) is 1.01. The Morgan fingerprint density at radius 3 is 2.45 bits per heavy atom. The Labute approximate surface area is 116 Å². The van der Waals surface area contributed by atoms with Crippen LogP contribution >= 0.6 is 0 Å². The molecule has 1 N–H and O–H groups in total. The van der Waals surface area contributed by atoms with Gasteiger partial charge in [0.15, 0.2) is 0 Å². The predicted molar refractivity (Wildman–Crippen MR) is 71.1 cm³/mol. The van der Waals surface area contributed by atoms with Crippen molar-refractivity contribution in [2.24, 2.45) is 11.8 Å². The number of hydrogen-bond donors (Lipinski definition) is 1. The molecule has 1 aliphatic carbocycles. The van der Waals surface area contributed by atoms with E-state index in [1.54, 1.807) is 12.1 Å². The zero-order valence-corrected chi connectivity index (χ0v) is 11.5. The van der Waals surface area contributed by atoms with E-state index < -0.39 is 11.7 Å². The predicted octanol–water partition coefficient (Wildman–Crippen LogP) is 4.42. The highest BCUT2D eigenvalue weighted by Crippen LogP contribution is 2.36. The van der Waals surface area contributed by atoms with Crippen LogP contribution in [0, 0.1) is 23.2 Å². The van der Waals surface area contributed by atoms with E-state index in [1.807, 2.05) is 0 Å². The molecule has 1 saturated carbocycles. The largest absolute Gasteiger partial charge is 0.417 e. The van der Waals surface area contributed by atoms with Gasteiger partial charge in [0.2, 0.25) is 0 Å². The van der Waals surface area contributed by atoms with Crippen molar-refractivity contribution >= 4 is 5.69 Å². The Kier molecular flexibility index (Phi) is 3.94. The standard InChI is InChI=1S/C15H17F3N2/c1-9-3-6-14(10(9)2)20-12-5-4-11(8-19)13(7-12)15(16,17)18/h4-5,7,9-10,14,20H,3,6H2,1-2H3. The molecule has 0 radical (unpaired) electrons. The zero-order chi connectivity index (χ0) is 14.9. The Bertz CT molecular complexity index is 531. The lowest BCUT2D eigenvalue weighted by atomic mass is 9.97. The fraction of sp³-hybridized carbons (Fsp3) is 0.533. The van der Waals surface area contributed by atoms with Crippen molar-refractivity contribution in [3.05, 3.63) is 29.3 Å². The van der Waals surface area contributed by atoms with Crippen LogP contribution in [0.1, 0.15) is 37.8 Å². The average molecular weight is 282 g/mol. The number of nitrogens with zero attached hydrogens (tertiary/aromatic N) is 1. The van der Waals surface area contributed by atoms with E-state index >= 15 is 0 Å². The van der Waals surface area contributed by atoms with Gasteiger partial charge in [0, 0.05) is 11.7 Å². The van der Waals surface area contributed by atoms with Crippen LogP contribution in [0.2, 0.25) is 0 Å². The van der Waals surface area contributed by atoms with Gasteiger partial charge in [-0.3, -0.25) is 0 Å². The van der Waals surface area contributed by atoms with Gasteiger partial charge in [0.05, 0.1) is 17.2 Å². The molecule has 3 atom stereocenters. The number of benzene rings is 1. The van der Waals surface area contributed by atoms with Crippen molar-refractivity contribution < 1.29 is 13.2 Å². The lowest BCUT2D eigenvalue weighted by molar-refractivity contribution is -0.137. The second kappa shape index (κ2) is 5.35. The molecule has 1 aliphatic rings. The van der Waals surface area contributed by atoms with Gasteiger partial charge >= 0.3 is 6.18 Å². The van der Waals surface area contributed by atoms with Gasteiger partial charge in [0.25, 0.3) is 0 Å². The number of nitrogens with one attached hydrogen (secondary N) is 1. The molecular formula is C15H17F3N2. The van der Waals surface area contributed by atoms with Gasteiger partial charge < -0.3 is 5.32 Å². The molecule has 1 fully saturated rings.